The highest BCUT2D eigenvalue weighted by Gasteiger charge is 2.47. The van der Waals surface area contributed by atoms with Crippen molar-refractivity contribution < 1.29 is 19.1 Å². The van der Waals surface area contributed by atoms with Crippen LogP contribution in [0.25, 0.3) is 0 Å². The minimum absolute atomic E-state index is 0.227. The predicted octanol–water partition coefficient (Wildman–Crippen LogP) is 5.95. The van der Waals surface area contributed by atoms with Crippen molar-refractivity contribution in [2.45, 2.75) is 25.6 Å². The van der Waals surface area contributed by atoms with Gasteiger partial charge in [0.05, 0.1) is 6.54 Å². The average Bonchev–Trinajstić information content (AvgIpc) is 3.27. The lowest BCUT2D eigenvalue weighted by molar-refractivity contribution is -0.121. The second kappa shape index (κ2) is 11.0. The van der Waals surface area contributed by atoms with E-state index < -0.39 is 18.2 Å². The molecule has 0 aliphatic carbocycles. The molecule has 1 aliphatic heterocycles. The number of rotatable bonds is 7. The molecule has 38 heavy (non-hydrogen) atoms. The standard InChI is InChI=1S/C31H27N3O4/c1-21-10-8-9-13-24(21)20-34-27(30(36)33-25-14-6-3-7-15-25)28(38-31(34)37)22-16-18-26(19-17-22)32-29(35)23-11-4-2-5-12-23/h2-19,27-28H,20H2,1H3,(H,32,35)(H,33,36)/t27-,28+/m1/s1. The first kappa shape index (κ1) is 24.8. The molecule has 0 saturated carbocycles. The molecule has 0 aromatic heterocycles. The Kier molecular flexibility index (Phi) is 7.17. The number of cyclic esters (lactones) is 1. The minimum atomic E-state index is -0.896. The van der Waals surface area contributed by atoms with Crippen LogP contribution >= 0.6 is 0 Å². The molecule has 190 valence electrons. The molecule has 0 unspecified atom stereocenters. The summed E-state index contributed by atoms with van der Waals surface area (Å²) in [5, 5.41) is 5.78. The molecule has 2 atom stereocenters. The number of nitrogens with one attached hydrogen (secondary N) is 2. The summed E-state index contributed by atoms with van der Waals surface area (Å²) in [4.78, 5) is 40.6. The normalized spacial score (nSPS) is 16.6. The van der Waals surface area contributed by atoms with E-state index in [2.05, 4.69) is 10.6 Å². The summed E-state index contributed by atoms with van der Waals surface area (Å²) >= 11 is 0. The van der Waals surface area contributed by atoms with Crippen molar-refractivity contribution in [3.63, 3.8) is 0 Å². The van der Waals surface area contributed by atoms with E-state index in [1.165, 1.54) is 4.90 Å². The first-order valence-electron chi connectivity index (χ1n) is 12.3. The largest absolute Gasteiger partial charge is 0.438 e. The van der Waals surface area contributed by atoms with Gasteiger partial charge in [0, 0.05) is 16.9 Å². The van der Waals surface area contributed by atoms with Gasteiger partial charge in [0.1, 0.15) is 0 Å². The fraction of sp³-hybridized carbons (Fsp3) is 0.129. The maximum atomic E-state index is 13.6. The van der Waals surface area contributed by atoms with Crippen LogP contribution in [0, 0.1) is 6.92 Å². The minimum Gasteiger partial charge on any atom is -0.438 e. The number of hydrogen-bond donors (Lipinski definition) is 2. The van der Waals surface area contributed by atoms with Crippen LogP contribution in [0.15, 0.2) is 109 Å². The molecule has 1 saturated heterocycles. The van der Waals surface area contributed by atoms with E-state index in [0.717, 1.165) is 11.1 Å². The molecular formula is C31H27N3O4. The molecule has 7 heteroatoms. The van der Waals surface area contributed by atoms with Gasteiger partial charge in [0.15, 0.2) is 12.1 Å². The molecule has 5 rings (SSSR count). The van der Waals surface area contributed by atoms with E-state index in [0.29, 0.717) is 22.5 Å². The number of nitrogens with zero attached hydrogens (tertiary/aromatic N) is 1. The molecule has 2 N–H and O–H groups in total. The van der Waals surface area contributed by atoms with Gasteiger partial charge in [-0.15, -0.1) is 0 Å². The van der Waals surface area contributed by atoms with Crippen molar-refractivity contribution in [2.75, 3.05) is 10.6 Å². The Morgan fingerprint density at radius 1 is 0.763 bits per heavy atom. The second-order valence-electron chi connectivity index (χ2n) is 9.10. The third kappa shape index (κ3) is 5.42. The summed E-state index contributed by atoms with van der Waals surface area (Å²) in [5.74, 6) is -0.572. The van der Waals surface area contributed by atoms with Crippen molar-refractivity contribution in [2.24, 2.45) is 0 Å². The van der Waals surface area contributed by atoms with Crippen LogP contribution in [0.4, 0.5) is 16.2 Å². The van der Waals surface area contributed by atoms with E-state index in [1.807, 2.05) is 55.5 Å². The Hall–Kier alpha value is -4.91. The van der Waals surface area contributed by atoms with Gasteiger partial charge >= 0.3 is 6.09 Å². The fourth-order valence-electron chi connectivity index (χ4n) is 4.47. The monoisotopic (exact) mass is 505 g/mol. The predicted molar refractivity (Wildman–Crippen MR) is 146 cm³/mol. The molecule has 4 aromatic carbocycles. The summed E-state index contributed by atoms with van der Waals surface area (Å²) in [5.41, 5.74) is 4.37. The first-order chi connectivity index (χ1) is 18.5. The topological polar surface area (TPSA) is 87.7 Å². The highest BCUT2D eigenvalue weighted by Crippen LogP contribution is 2.35. The van der Waals surface area contributed by atoms with Crippen molar-refractivity contribution in [1.29, 1.82) is 0 Å². The first-order valence-corrected chi connectivity index (χ1v) is 12.3. The summed E-state index contributed by atoms with van der Waals surface area (Å²) in [6.45, 7) is 2.20. The zero-order valence-corrected chi connectivity index (χ0v) is 20.8. The Morgan fingerprint density at radius 2 is 1.37 bits per heavy atom. The molecule has 7 nitrogen and oxygen atoms in total. The highest BCUT2D eigenvalue weighted by atomic mass is 16.6. The van der Waals surface area contributed by atoms with Crippen LogP contribution in [0.2, 0.25) is 0 Å². The molecule has 0 spiro atoms. The average molecular weight is 506 g/mol. The van der Waals surface area contributed by atoms with E-state index in [1.54, 1.807) is 60.7 Å². The highest BCUT2D eigenvalue weighted by molar-refractivity contribution is 6.04. The summed E-state index contributed by atoms with van der Waals surface area (Å²) < 4.78 is 5.77. The van der Waals surface area contributed by atoms with Crippen LogP contribution in [0.5, 0.6) is 0 Å². The third-order valence-corrected chi connectivity index (χ3v) is 6.53. The lowest BCUT2D eigenvalue weighted by Crippen LogP contribution is -2.43. The number of ether oxygens (including phenoxy) is 1. The van der Waals surface area contributed by atoms with Gasteiger partial charge in [0.2, 0.25) is 0 Å². The second-order valence-corrected chi connectivity index (χ2v) is 9.10. The summed E-state index contributed by atoms with van der Waals surface area (Å²) in [7, 11) is 0. The van der Waals surface area contributed by atoms with Crippen molar-refractivity contribution in [1.82, 2.24) is 4.90 Å². The SMILES string of the molecule is Cc1ccccc1CN1C(=O)O[C@@H](c2ccc(NC(=O)c3ccccc3)cc2)[C@@H]1C(=O)Nc1ccccc1. The van der Waals surface area contributed by atoms with Gasteiger partial charge in [-0.3, -0.25) is 14.5 Å². The Labute approximate surface area is 221 Å². The molecule has 4 aromatic rings. The van der Waals surface area contributed by atoms with E-state index >= 15 is 0 Å². The molecule has 0 bridgehead atoms. The smallest absolute Gasteiger partial charge is 0.411 e. The van der Waals surface area contributed by atoms with Crippen LogP contribution in [0.1, 0.15) is 33.2 Å². The summed E-state index contributed by atoms with van der Waals surface area (Å²) in [6.07, 6.45) is -1.39. The van der Waals surface area contributed by atoms with Gasteiger partial charge in [0.25, 0.3) is 11.8 Å². The molecule has 0 radical (unpaired) electrons. The Bertz CT molecular complexity index is 1440. The van der Waals surface area contributed by atoms with E-state index in [9.17, 15) is 14.4 Å². The number of anilines is 2. The maximum Gasteiger partial charge on any atom is 0.411 e. The van der Waals surface area contributed by atoms with Crippen LogP contribution in [-0.4, -0.2) is 28.8 Å². The fourth-order valence-corrected chi connectivity index (χ4v) is 4.47. The van der Waals surface area contributed by atoms with E-state index in [4.69, 9.17) is 4.74 Å². The number of amides is 3. The quantitative estimate of drug-likeness (QED) is 0.325. The van der Waals surface area contributed by atoms with Gasteiger partial charge in [-0.25, -0.2) is 4.79 Å². The lowest BCUT2D eigenvalue weighted by Gasteiger charge is -2.25. The summed E-state index contributed by atoms with van der Waals surface area (Å²) in [6, 6.07) is 31.9. The molecule has 1 aliphatic rings. The maximum absolute atomic E-state index is 13.6. The van der Waals surface area contributed by atoms with Crippen molar-refractivity contribution in [3.8, 4) is 0 Å². The number of aryl methyl sites for hydroxylation is 1. The zero-order valence-electron chi connectivity index (χ0n) is 20.8. The van der Waals surface area contributed by atoms with Crippen LogP contribution < -0.4 is 10.6 Å². The molecule has 1 fully saturated rings. The molecule has 1 heterocycles. The number of benzene rings is 4. The Balaban J connectivity index is 1.40. The zero-order chi connectivity index (χ0) is 26.5. The Morgan fingerprint density at radius 3 is 2.05 bits per heavy atom. The van der Waals surface area contributed by atoms with Gasteiger partial charge in [-0.1, -0.05) is 72.8 Å². The van der Waals surface area contributed by atoms with E-state index in [-0.39, 0.29) is 18.4 Å². The number of para-hydroxylation sites is 1. The van der Waals surface area contributed by atoms with Crippen LogP contribution in [0.3, 0.4) is 0 Å². The van der Waals surface area contributed by atoms with Crippen LogP contribution in [-0.2, 0) is 16.1 Å². The molecule has 3 amide bonds. The lowest BCUT2D eigenvalue weighted by atomic mass is 9.99. The van der Waals surface area contributed by atoms with Gasteiger partial charge in [-0.2, -0.15) is 0 Å². The number of carbonyl (C=O) groups excluding carboxylic acids is 3. The third-order valence-electron chi connectivity index (χ3n) is 6.53. The van der Waals surface area contributed by atoms with Gasteiger partial charge in [-0.05, 0) is 60.0 Å². The number of carbonyl (C=O) groups is 3. The van der Waals surface area contributed by atoms with Crippen molar-refractivity contribution >= 4 is 29.3 Å². The molecular weight excluding hydrogens is 478 g/mol. The number of hydrogen-bond acceptors (Lipinski definition) is 4. The van der Waals surface area contributed by atoms with Gasteiger partial charge < -0.3 is 15.4 Å². The van der Waals surface area contributed by atoms with Crippen molar-refractivity contribution in [3.05, 3.63) is 131 Å².